The number of aliphatic imine (C=N–C) groups is 1. The molecule has 0 aliphatic carbocycles. The van der Waals surface area contributed by atoms with E-state index in [9.17, 15) is 0 Å². The van der Waals surface area contributed by atoms with Crippen molar-refractivity contribution in [1.82, 2.24) is 0 Å². The molecule has 0 unspecified atom stereocenters. The number of ether oxygens (including phenoxy) is 1. The summed E-state index contributed by atoms with van der Waals surface area (Å²) < 4.78 is 5.78. The molecule has 0 spiro atoms. The topological polar surface area (TPSA) is 105 Å². The van der Waals surface area contributed by atoms with Gasteiger partial charge in [0.05, 0.1) is 18.1 Å². The van der Waals surface area contributed by atoms with Gasteiger partial charge in [0.2, 0.25) is 0 Å². The van der Waals surface area contributed by atoms with E-state index in [1.807, 2.05) is 42.5 Å². The van der Waals surface area contributed by atoms with E-state index in [0.717, 1.165) is 0 Å². The van der Waals surface area contributed by atoms with Gasteiger partial charge >= 0.3 is 0 Å². The van der Waals surface area contributed by atoms with E-state index in [1.165, 1.54) is 6.34 Å². The second-order valence-electron chi connectivity index (χ2n) is 4.39. The zero-order chi connectivity index (χ0) is 16.5. The number of hydrogen-bond acceptors (Lipinski definition) is 5. The molecule has 0 amide bonds. The smallest absolute Gasteiger partial charge is 0.189 e. The normalized spacial score (nSPS) is 11.2. The second kappa shape index (κ2) is 7.96. The molecule has 0 bridgehead atoms. The van der Waals surface area contributed by atoms with Crippen molar-refractivity contribution in [2.24, 2.45) is 4.99 Å². The third-order valence-electron chi connectivity index (χ3n) is 2.82. The highest BCUT2D eigenvalue weighted by molar-refractivity contribution is 6.02. The standard InChI is InChI=1S/C17H13N5O/c18-10-14(20)16(11-19)22-12-21-15-8-4-5-9-17(15)23-13-6-2-1-3-7-13/h1-9,12,16,20H,(H,21,22)/t16-/m1/s1. The Hall–Kier alpha value is -3.64. The molecular formula is C17H13N5O. The number of para-hydroxylation sites is 3. The van der Waals surface area contributed by atoms with Crippen molar-refractivity contribution in [2.75, 3.05) is 5.32 Å². The van der Waals surface area contributed by atoms with Gasteiger partial charge in [-0.15, -0.1) is 0 Å². The van der Waals surface area contributed by atoms with E-state index >= 15 is 0 Å². The molecule has 6 heteroatoms. The van der Waals surface area contributed by atoms with E-state index in [-0.39, 0.29) is 0 Å². The average Bonchev–Trinajstić information content (AvgIpc) is 2.60. The molecule has 0 radical (unpaired) electrons. The Morgan fingerprint density at radius 3 is 2.52 bits per heavy atom. The predicted octanol–water partition coefficient (Wildman–Crippen LogP) is 3.35. The Morgan fingerprint density at radius 2 is 1.83 bits per heavy atom. The fourth-order valence-electron chi connectivity index (χ4n) is 1.71. The molecule has 0 heterocycles. The molecule has 0 saturated carbocycles. The lowest BCUT2D eigenvalue weighted by Crippen LogP contribution is -2.14. The minimum atomic E-state index is -1.12. The van der Waals surface area contributed by atoms with Crippen LogP contribution in [0.2, 0.25) is 0 Å². The van der Waals surface area contributed by atoms with Gasteiger partial charge < -0.3 is 10.1 Å². The van der Waals surface area contributed by atoms with E-state index in [1.54, 1.807) is 24.3 Å². The summed E-state index contributed by atoms with van der Waals surface area (Å²) in [5.74, 6) is 1.29. The Balaban J connectivity index is 2.11. The lowest BCUT2D eigenvalue weighted by Gasteiger charge is -2.10. The fraction of sp³-hybridized carbons (Fsp3) is 0.0588. The van der Waals surface area contributed by atoms with Gasteiger partial charge in [-0.3, -0.25) is 5.41 Å². The molecule has 112 valence electrons. The summed E-state index contributed by atoms with van der Waals surface area (Å²) in [6.07, 6.45) is 1.28. The molecule has 1 atom stereocenters. The summed E-state index contributed by atoms with van der Waals surface area (Å²) >= 11 is 0. The van der Waals surface area contributed by atoms with E-state index in [4.69, 9.17) is 20.7 Å². The van der Waals surface area contributed by atoms with Crippen LogP contribution in [0.25, 0.3) is 0 Å². The number of anilines is 1. The van der Waals surface area contributed by atoms with Crippen molar-refractivity contribution < 1.29 is 4.74 Å². The van der Waals surface area contributed by atoms with Gasteiger partial charge in [0.15, 0.2) is 11.8 Å². The van der Waals surface area contributed by atoms with Crippen molar-refractivity contribution >= 4 is 17.7 Å². The number of rotatable bonds is 6. The average molecular weight is 303 g/mol. The van der Waals surface area contributed by atoms with Crippen molar-refractivity contribution in [1.29, 1.82) is 15.9 Å². The molecule has 2 rings (SSSR count). The van der Waals surface area contributed by atoms with Crippen LogP contribution in [-0.2, 0) is 0 Å². The quantitative estimate of drug-likeness (QED) is 0.630. The molecule has 2 aromatic carbocycles. The molecule has 0 fully saturated rings. The highest BCUT2D eigenvalue weighted by Gasteiger charge is 2.10. The summed E-state index contributed by atoms with van der Waals surface area (Å²) in [4.78, 5) is 3.86. The van der Waals surface area contributed by atoms with Crippen LogP contribution < -0.4 is 10.1 Å². The van der Waals surface area contributed by atoms with Gasteiger partial charge in [0.1, 0.15) is 17.5 Å². The minimum Gasteiger partial charge on any atom is -0.455 e. The fourth-order valence-corrected chi connectivity index (χ4v) is 1.71. The molecule has 0 aliphatic heterocycles. The SMILES string of the molecule is N#CC(=N)[C@@H](C#N)N=CNc1ccccc1Oc1ccccc1. The van der Waals surface area contributed by atoms with Crippen LogP contribution in [0.1, 0.15) is 0 Å². The number of hydrogen-bond donors (Lipinski definition) is 2. The number of benzene rings is 2. The maximum atomic E-state index is 8.87. The highest BCUT2D eigenvalue weighted by atomic mass is 16.5. The van der Waals surface area contributed by atoms with E-state index in [0.29, 0.717) is 17.2 Å². The summed E-state index contributed by atoms with van der Waals surface area (Å²) in [7, 11) is 0. The van der Waals surface area contributed by atoms with Gasteiger partial charge in [-0.05, 0) is 24.3 Å². The molecule has 0 saturated heterocycles. The molecule has 6 nitrogen and oxygen atoms in total. The summed E-state index contributed by atoms with van der Waals surface area (Å²) in [5, 5.41) is 27.7. The first-order valence-corrected chi connectivity index (χ1v) is 6.73. The first kappa shape index (κ1) is 15.7. The lowest BCUT2D eigenvalue weighted by molar-refractivity contribution is 0.485. The zero-order valence-electron chi connectivity index (χ0n) is 12.1. The maximum absolute atomic E-state index is 8.87. The molecule has 2 N–H and O–H groups in total. The van der Waals surface area contributed by atoms with Crippen LogP contribution in [0, 0.1) is 28.1 Å². The van der Waals surface area contributed by atoms with Crippen molar-refractivity contribution in [3.63, 3.8) is 0 Å². The summed E-state index contributed by atoms with van der Waals surface area (Å²) in [6.45, 7) is 0. The Labute approximate surface area is 133 Å². The molecular weight excluding hydrogens is 290 g/mol. The van der Waals surface area contributed by atoms with Crippen molar-refractivity contribution in [3.8, 4) is 23.6 Å². The monoisotopic (exact) mass is 303 g/mol. The van der Waals surface area contributed by atoms with E-state index < -0.39 is 11.8 Å². The minimum absolute atomic E-state index is 0.403. The molecule has 0 aliphatic rings. The van der Waals surface area contributed by atoms with Crippen LogP contribution in [0.15, 0.2) is 59.6 Å². The van der Waals surface area contributed by atoms with Crippen molar-refractivity contribution in [3.05, 3.63) is 54.6 Å². The summed E-state index contributed by atoms with van der Waals surface area (Å²) in [6, 6.07) is 18.8. The Morgan fingerprint density at radius 1 is 1.13 bits per heavy atom. The number of nitriles is 2. The van der Waals surface area contributed by atoms with Gasteiger partial charge in [-0.1, -0.05) is 30.3 Å². The molecule has 23 heavy (non-hydrogen) atoms. The Bertz CT molecular complexity index is 787. The first-order chi connectivity index (χ1) is 11.2. The van der Waals surface area contributed by atoms with Crippen LogP contribution in [0.3, 0.4) is 0 Å². The molecule has 0 aromatic heterocycles. The third kappa shape index (κ3) is 4.42. The van der Waals surface area contributed by atoms with Gasteiger partial charge in [-0.25, -0.2) is 4.99 Å². The summed E-state index contributed by atoms with van der Waals surface area (Å²) in [5.41, 5.74) is 0.250. The first-order valence-electron chi connectivity index (χ1n) is 6.73. The third-order valence-corrected chi connectivity index (χ3v) is 2.82. The zero-order valence-corrected chi connectivity index (χ0v) is 12.1. The largest absolute Gasteiger partial charge is 0.455 e. The van der Waals surface area contributed by atoms with Gasteiger partial charge in [0.25, 0.3) is 0 Å². The highest BCUT2D eigenvalue weighted by Crippen LogP contribution is 2.28. The maximum Gasteiger partial charge on any atom is 0.189 e. The van der Waals surface area contributed by atoms with Gasteiger partial charge in [-0.2, -0.15) is 10.5 Å². The Kier molecular flexibility index (Phi) is 5.45. The van der Waals surface area contributed by atoms with Crippen LogP contribution in [0.4, 0.5) is 5.69 Å². The van der Waals surface area contributed by atoms with Gasteiger partial charge in [0, 0.05) is 0 Å². The second-order valence-corrected chi connectivity index (χ2v) is 4.39. The predicted molar refractivity (Wildman–Crippen MR) is 87.8 cm³/mol. The van der Waals surface area contributed by atoms with Crippen molar-refractivity contribution in [2.45, 2.75) is 6.04 Å². The van der Waals surface area contributed by atoms with E-state index in [2.05, 4.69) is 10.3 Å². The molecule has 2 aromatic rings. The van der Waals surface area contributed by atoms with Crippen LogP contribution >= 0.6 is 0 Å². The number of nitrogens with zero attached hydrogens (tertiary/aromatic N) is 3. The number of nitrogens with one attached hydrogen (secondary N) is 2. The van der Waals surface area contributed by atoms with Crippen LogP contribution in [0.5, 0.6) is 11.5 Å². The van der Waals surface area contributed by atoms with Crippen LogP contribution in [-0.4, -0.2) is 18.1 Å². The lowest BCUT2D eigenvalue weighted by atomic mass is 10.2.